The van der Waals surface area contributed by atoms with Crippen LogP contribution in [-0.4, -0.2) is 17.3 Å². The van der Waals surface area contributed by atoms with E-state index >= 15 is 0 Å². The van der Waals surface area contributed by atoms with Crippen LogP contribution in [-0.2, 0) is 25.9 Å². The van der Waals surface area contributed by atoms with Crippen LogP contribution in [0.25, 0.3) is 0 Å². The molecular weight excluding hydrogens is 395 g/mol. The lowest BCUT2D eigenvalue weighted by Gasteiger charge is -2.26. The lowest BCUT2D eigenvalue weighted by molar-refractivity contribution is 0.245. The van der Waals surface area contributed by atoms with Gasteiger partial charge < -0.3 is 5.73 Å². The van der Waals surface area contributed by atoms with Gasteiger partial charge in [-0.15, -0.1) is 11.3 Å². The first-order chi connectivity index (χ1) is 14.5. The minimum atomic E-state index is -0.179. The van der Waals surface area contributed by atoms with Crippen molar-refractivity contribution in [3.05, 3.63) is 87.0 Å². The van der Waals surface area contributed by atoms with E-state index in [4.69, 9.17) is 5.73 Å². The second-order valence-corrected chi connectivity index (χ2v) is 8.70. The summed E-state index contributed by atoms with van der Waals surface area (Å²) in [5, 5.41) is 10.4. The number of hydrogen-bond acceptors (Lipinski definition) is 4. The first kappa shape index (κ1) is 20.3. The molecule has 4 rings (SSSR count). The Morgan fingerprint density at radius 2 is 2.00 bits per heavy atom. The highest BCUT2D eigenvalue weighted by Gasteiger charge is 2.25. The molecule has 0 spiro atoms. The maximum Gasteiger partial charge on any atom is 0.136 e. The molecule has 0 atom stereocenters. The summed E-state index contributed by atoms with van der Waals surface area (Å²) in [7, 11) is 0. The third-order valence-corrected chi connectivity index (χ3v) is 6.44. The number of nitrogens with zero attached hydrogens (tertiary/aromatic N) is 3. The molecule has 1 aliphatic heterocycles. The molecule has 0 saturated carbocycles. The van der Waals surface area contributed by atoms with Gasteiger partial charge in [0.2, 0.25) is 0 Å². The van der Waals surface area contributed by atoms with E-state index in [0.717, 1.165) is 29.0 Å². The SMILES string of the molecule is Cc1ccc(CC(N)=Nc2sc3c(c2C#N)CCN(Cc2ccccc2F)C3)cc1. The van der Waals surface area contributed by atoms with Crippen LogP contribution in [0.1, 0.15) is 32.7 Å². The van der Waals surface area contributed by atoms with Gasteiger partial charge in [-0.2, -0.15) is 5.26 Å². The predicted molar refractivity (Wildman–Crippen MR) is 119 cm³/mol. The van der Waals surface area contributed by atoms with Crippen molar-refractivity contribution in [2.45, 2.75) is 32.9 Å². The Morgan fingerprint density at radius 1 is 1.23 bits per heavy atom. The zero-order chi connectivity index (χ0) is 21.1. The highest BCUT2D eigenvalue weighted by atomic mass is 32.1. The Morgan fingerprint density at radius 3 is 2.73 bits per heavy atom. The molecule has 6 heteroatoms. The van der Waals surface area contributed by atoms with Gasteiger partial charge >= 0.3 is 0 Å². The van der Waals surface area contributed by atoms with E-state index in [2.05, 4.69) is 28.1 Å². The number of nitriles is 1. The largest absolute Gasteiger partial charge is 0.387 e. The van der Waals surface area contributed by atoms with Crippen LogP contribution in [0, 0.1) is 24.1 Å². The molecule has 4 nitrogen and oxygen atoms in total. The van der Waals surface area contributed by atoms with Gasteiger partial charge in [0.05, 0.1) is 5.56 Å². The van der Waals surface area contributed by atoms with Crippen molar-refractivity contribution in [3.8, 4) is 6.07 Å². The van der Waals surface area contributed by atoms with Gasteiger partial charge in [0, 0.05) is 36.5 Å². The fourth-order valence-electron chi connectivity index (χ4n) is 3.72. The van der Waals surface area contributed by atoms with E-state index in [1.807, 2.05) is 31.2 Å². The summed E-state index contributed by atoms with van der Waals surface area (Å²) in [4.78, 5) is 7.92. The molecule has 2 N–H and O–H groups in total. The smallest absolute Gasteiger partial charge is 0.136 e. The van der Waals surface area contributed by atoms with Gasteiger partial charge in [-0.3, -0.25) is 4.90 Å². The summed E-state index contributed by atoms with van der Waals surface area (Å²) in [6.07, 6.45) is 1.31. The molecule has 0 unspecified atom stereocenters. The summed E-state index contributed by atoms with van der Waals surface area (Å²) in [6.45, 7) is 4.08. The maximum absolute atomic E-state index is 14.0. The number of nitrogens with two attached hydrogens (primary N) is 1. The molecule has 3 aromatic rings. The Labute approximate surface area is 180 Å². The molecule has 2 heterocycles. The number of aliphatic imine (C=N–C) groups is 1. The Balaban J connectivity index is 1.53. The number of rotatable bonds is 5. The van der Waals surface area contributed by atoms with Crippen LogP contribution in [0.3, 0.4) is 0 Å². The molecule has 1 aliphatic rings. The zero-order valence-electron chi connectivity index (χ0n) is 16.9. The fraction of sp³-hybridized carbons (Fsp3) is 0.250. The lowest BCUT2D eigenvalue weighted by Crippen LogP contribution is -2.29. The van der Waals surface area contributed by atoms with Crippen LogP contribution >= 0.6 is 11.3 Å². The summed E-state index contributed by atoms with van der Waals surface area (Å²) in [5.41, 5.74) is 10.9. The summed E-state index contributed by atoms with van der Waals surface area (Å²) >= 11 is 1.52. The number of hydrogen-bond donors (Lipinski definition) is 1. The molecule has 0 amide bonds. The third-order valence-electron chi connectivity index (χ3n) is 5.33. The molecule has 0 saturated heterocycles. The van der Waals surface area contributed by atoms with Crippen molar-refractivity contribution in [1.29, 1.82) is 5.26 Å². The van der Waals surface area contributed by atoms with E-state index in [-0.39, 0.29) is 5.82 Å². The lowest BCUT2D eigenvalue weighted by atomic mass is 10.0. The number of fused-ring (bicyclic) bond motifs is 1. The average Bonchev–Trinajstić information content (AvgIpc) is 3.07. The molecule has 0 fully saturated rings. The molecule has 2 aromatic carbocycles. The van der Waals surface area contributed by atoms with Gasteiger partial charge in [0.1, 0.15) is 22.7 Å². The van der Waals surface area contributed by atoms with Crippen molar-refractivity contribution >= 4 is 22.2 Å². The van der Waals surface area contributed by atoms with Gasteiger partial charge in [0.15, 0.2) is 0 Å². The van der Waals surface area contributed by atoms with Gasteiger partial charge in [-0.25, -0.2) is 9.38 Å². The van der Waals surface area contributed by atoms with Gasteiger partial charge in [-0.1, -0.05) is 48.0 Å². The van der Waals surface area contributed by atoms with Crippen LogP contribution in [0.5, 0.6) is 0 Å². The Bertz CT molecular complexity index is 1130. The number of amidine groups is 1. The highest BCUT2D eigenvalue weighted by molar-refractivity contribution is 7.16. The number of halogens is 1. The minimum Gasteiger partial charge on any atom is -0.387 e. The van der Waals surface area contributed by atoms with E-state index in [1.54, 1.807) is 6.07 Å². The fourth-order valence-corrected chi connectivity index (χ4v) is 4.97. The topological polar surface area (TPSA) is 65.4 Å². The van der Waals surface area contributed by atoms with Crippen molar-refractivity contribution in [1.82, 2.24) is 4.90 Å². The van der Waals surface area contributed by atoms with E-state index < -0.39 is 0 Å². The minimum absolute atomic E-state index is 0.179. The Kier molecular flexibility index (Phi) is 5.93. The normalized spacial score (nSPS) is 14.4. The summed E-state index contributed by atoms with van der Waals surface area (Å²) < 4.78 is 14.0. The standard InChI is InChI=1S/C24H23FN4S/c1-16-6-8-17(9-7-16)12-23(27)28-24-20(13-26)19-10-11-29(15-22(19)30-24)14-18-4-2-3-5-21(18)25/h2-9H,10-12,14-15H2,1H3,(H2,27,28). The molecular formula is C24H23FN4S. The van der Waals surface area contributed by atoms with Crippen LogP contribution in [0.4, 0.5) is 9.39 Å². The summed E-state index contributed by atoms with van der Waals surface area (Å²) in [6, 6.07) is 17.4. The monoisotopic (exact) mass is 418 g/mol. The van der Waals surface area contributed by atoms with E-state index in [9.17, 15) is 9.65 Å². The highest BCUT2D eigenvalue weighted by Crippen LogP contribution is 2.38. The molecule has 0 bridgehead atoms. The van der Waals surface area contributed by atoms with Gasteiger partial charge in [0.25, 0.3) is 0 Å². The molecule has 0 radical (unpaired) electrons. The molecule has 1 aromatic heterocycles. The number of aryl methyl sites for hydroxylation is 1. The third kappa shape index (κ3) is 4.43. The van der Waals surface area contributed by atoms with E-state index in [0.29, 0.717) is 41.5 Å². The quantitative estimate of drug-likeness (QED) is 0.475. The van der Waals surface area contributed by atoms with Crippen molar-refractivity contribution < 1.29 is 4.39 Å². The van der Waals surface area contributed by atoms with Gasteiger partial charge in [-0.05, 0) is 30.5 Å². The van der Waals surface area contributed by atoms with Crippen molar-refractivity contribution in [3.63, 3.8) is 0 Å². The van der Waals surface area contributed by atoms with Crippen LogP contribution in [0.2, 0.25) is 0 Å². The maximum atomic E-state index is 14.0. The summed E-state index contributed by atoms with van der Waals surface area (Å²) in [5.74, 6) is 0.318. The molecule has 30 heavy (non-hydrogen) atoms. The van der Waals surface area contributed by atoms with Crippen molar-refractivity contribution in [2.75, 3.05) is 6.54 Å². The second-order valence-electron chi connectivity index (χ2n) is 7.61. The zero-order valence-corrected chi connectivity index (χ0v) is 17.7. The second kappa shape index (κ2) is 8.78. The molecule has 152 valence electrons. The number of thiophene rings is 1. The first-order valence-corrected chi connectivity index (χ1v) is 10.7. The molecule has 0 aliphatic carbocycles. The number of benzene rings is 2. The predicted octanol–water partition coefficient (Wildman–Crippen LogP) is 4.86. The Hall–Kier alpha value is -3.01. The average molecular weight is 419 g/mol. The van der Waals surface area contributed by atoms with E-state index in [1.165, 1.54) is 23.0 Å². The van der Waals surface area contributed by atoms with Crippen LogP contribution < -0.4 is 5.73 Å². The van der Waals surface area contributed by atoms with Crippen LogP contribution in [0.15, 0.2) is 53.5 Å². The van der Waals surface area contributed by atoms with Crippen molar-refractivity contribution in [2.24, 2.45) is 10.7 Å². The first-order valence-electron chi connectivity index (χ1n) is 9.92.